The number of carbonyl (C=O) groups excluding carboxylic acids is 1. The van der Waals surface area contributed by atoms with Crippen molar-refractivity contribution in [1.29, 1.82) is 0 Å². The Bertz CT molecular complexity index is 571. The summed E-state index contributed by atoms with van der Waals surface area (Å²) in [6.07, 6.45) is 8.80. The van der Waals surface area contributed by atoms with Crippen LogP contribution in [0.2, 0.25) is 0 Å². The molecular weight excluding hydrogens is 336 g/mol. The lowest BCUT2D eigenvalue weighted by Crippen LogP contribution is -2.53. The standard InChI is InChI=1S/C20H30N2O2.ClH/c1-20(14-21,16-10-11-16)22-19(23)12-9-15-5-4-8-18(13-15)24-17-6-2-3-7-17;/h4-5,8,13,16-17H,2-3,6-7,9-12,14,21H2,1H3,(H,22,23);1H. The molecule has 1 aromatic rings. The lowest BCUT2D eigenvalue weighted by molar-refractivity contribution is -0.123. The van der Waals surface area contributed by atoms with Crippen molar-refractivity contribution >= 4 is 18.3 Å². The van der Waals surface area contributed by atoms with Gasteiger partial charge >= 0.3 is 0 Å². The van der Waals surface area contributed by atoms with Crippen LogP contribution in [0.25, 0.3) is 0 Å². The molecule has 0 aliphatic heterocycles. The quantitative estimate of drug-likeness (QED) is 0.738. The summed E-state index contributed by atoms with van der Waals surface area (Å²) >= 11 is 0. The maximum Gasteiger partial charge on any atom is 0.220 e. The fourth-order valence-electron chi connectivity index (χ4n) is 3.65. The summed E-state index contributed by atoms with van der Waals surface area (Å²) in [6.45, 7) is 2.58. The molecular formula is C20H31ClN2O2. The Morgan fingerprint density at radius 3 is 2.64 bits per heavy atom. The third-order valence-electron chi connectivity index (χ3n) is 5.47. The molecule has 0 bridgehead atoms. The normalized spacial score (nSPS) is 19.8. The number of nitrogens with one attached hydrogen (secondary N) is 1. The largest absolute Gasteiger partial charge is 0.490 e. The van der Waals surface area contributed by atoms with Crippen LogP contribution in [0, 0.1) is 5.92 Å². The van der Waals surface area contributed by atoms with Gasteiger partial charge in [0.1, 0.15) is 5.75 Å². The smallest absolute Gasteiger partial charge is 0.220 e. The van der Waals surface area contributed by atoms with Gasteiger partial charge in [-0.25, -0.2) is 0 Å². The predicted octanol–water partition coefficient (Wildman–Crippen LogP) is 3.61. The molecule has 2 aliphatic rings. The summed E-state index contributed by atoms with van der Waals surface area (Å²) in [6, 6.07) is 8.18. The second kappa shape index (κ2) is 8.91. The van der Waals surface area contributed by atoms with E-state index in [-0.39, 0.29) is 23.9 Å². The zero-order valence-electron chi connectivity index (χ0n) is 15.1. The molecule has 1 unspecified atom stereocenters. The minimum Gasteiger partial charge on any atom is -0.490 e. The molecule has 140 valence electrons. The third-order valence-corrected chi connectivity index (χ3v) is 5.47. The van der Waals surface area contributed by atoms with Gasteiger partial charge in [0, 0.05) is 13.0 Å². The van der Waals surface area contributed by atoms with Crippen LogP contribution in [0.5, 0.6) is 5.75 Å². The van der Waals surface area contributed by atoms with E-state index in [1.54, 1.807) is 0 Å². The van der Waals surface area contributed by atoms with Crippen LogP contribution in [0.4, 0.5) is 0 Å². The average molecular weight is 367 g/mol. The molecule has 1 amide bonds. The number of halogens is 1. The zero-order valence-corrected chi connectivity index (χ0v) is 15.9. The van der Waals surface area contributed by atoms with Gasteiger partial charge in [0.25, 0.3) is 0 Å². The molecule has 2 aliphatic carbocycles. The summed E-state index contributed by atoms with van der Waals surface area (Å²) < 4.78 is 6.04. The molecule has 3 rings (SSSR count). The number of nitrogens with two attached hydrogens (primary N) is 1. The summed E-state index contributed by atoms with van der Waals surface area (Å²) in [4.78, 5) is 12.3. The molecule has 2 saturated carbocycles. The van der Waals surface area contributed by atoms with E-state index in [9.17, 15) is 4.79 Å². The number of rotatable bonds is 8. The lowest BCUT2D eigenvalue weighted by Gasteiger charge is -2.29. The number of carbonyl (C=O) groups is 1. The van der Waals surface area contributed by atoms with E-state index < -0.39 is 0 Å². The van der Waals surface area contributed by atoms with Gasteiger partial charge < -0.3 is 15.8 Å². The number of hydrogen-bond donors (Lipinski definition) is 2. The molecule has 0 heterocycles. The summed E-state index contributed by atoms with van der Waals surface area (Å²) in [5.41, 5.74) is 6.79. The molecule has 0 radical (unpaired) electrons. The Morgan fingerprint density at radius 1 is 1.28 bits per heavy atom. The monoisotopic (exact) mass is 366 g/mol. The highest BCUT2D eigenvalue weighted by molar-refractivity contribution is 5.85. The van der Waals surface area contributed by atoms with Crippen LogP contribution >= 0.6 is 12.4 Å². The van der Waals surface area contributed by atoms with E-state index >= 15 is 0 Å². The maximum absolute atomic E-state index is 12.3. The molecule has 1 aromatic carbocycles. The minimum absolute atomic E-state index is 0. The van der Waals surface area contributed by atoms with Crippen LogP contribution < -0.4 is 15.8 Å². The summed E-state index contributed by atoms with van der Waals surface area (Å²) in [7, 11) is 0. The Hall–Kier alpha value is -1.26. The van der Waals surface area contributed by atoms with Gasteiger partial charge in [0.2, 0.25) is 5.91 Å². The highest BCUT2D eigenvalue weighted by Crippen LogP contribution is 2.39. The zero-order chi connectivity index (χ0) is 17.0. The van der Waals surface area contributed by atoms with E-state index in [4.69, 9.17) is 10.5 Å². The molecule has 2 fully saturated rings. The van der Waals surface area contributed by atoms with E-state index in [1.165, 1.54) is 25.7 Å². The Morgan fingerprint density at radius 2 is 2.00 bits per heavy atom. The Balaban J connectivity index is 0.00000225. The van der Waals surface area contributed by atoms with Gasteiger partial charge in [-0.2, -0.15) is 0 Å². The van der Waals surface area contributed by atoms with E-state index in [1.807, 2.05) is 12.1 Å². The second-order valence-corrected chi connectivity index (χ2v) is 7.62. The van der Waals surface area contributed by atoms with Gasteiger partial charge in [0.15, 0.2) is 0 Å². The van der Waals surface area contributed by atoms with Crippen molar-refractivity contribution in [3.63, 3.8) is 0 Å². The molecule has 25 heavy (non-hydrogen) atoms. The van der Waals surface area contributed by atoms with Crippen molar-refractivity contribution in [3.05, 3.63) is 29.8 Å². The maximum atomic E-state index is 12.3. The Kier molecular flexibility index (Phi) is 7.14. The van der Waals surface area contributed by atoms with Crippen molar-refractivity contribution in [1.82, 2.24) is 5.32 Å². The number of amides is 1. The first kappa shape index (κ1) is 20.1. The Labute approximate surface area is 157 Å². The van der Waals surface area contributed by atoms with E-state index in [2.05, 4.69) is 24.4 Å². The lowest BCUT2D eigenvalue weighted by atomic mass is 9.95. The fourth-order valence-corrected chi connectivity index (χ4v) is 3.65. The molecule has 0 saturated heterocycles. The predicted molar refractivity (Wildman–Crippen MR) is 103 cm³/mol. The highest BCUT2D eigenvalue weighted by atomic mass is 35.5. The van der Waals surface area contributed by atoms with Crippen molar-refractivity contribution in [2.45, 2.75) is 69.9 Å². The van der Waals surface area contributed by atoms with Crippen LogP contribution in [0.1, 0.15) is 57.4 Å². The van der Waals surface area contributed by atoms with Gasteiger partial charge in [0.05, 0.1) is 11.6 Å². The van der Waals surface area contributed by atoms with Crippen molar-refractivity contribution in [3.8, 4) is 5.75 Å². The van der Waals surface area contributed by atoms with Gasteiger partial charge in [-0.15, -0.1) is 12.4 Å². The van der Waals surface area contributed by atoms with Crippen molar-refractivity contribution in [2.75, 3.05) is 6.54 Å². The van der Waals surface area contributed by atoms with Crippen molar-refractivity contribution in [2.24, 2.45) is 11.7 Å². The van der Waals surface area contributed by atoms with E-state index in [0.717, 1.165) is 30.6 Å². The van der Waals surface area contributed by atoms with Gasteiger partial charge in [-0.3, -0.25) is 4.79 Å². The van der Waals surface area contributed by atoms with Crippen LogP contribution in [-0.4, -0.2) is 24.1 Å². The van der Waals surface area contributed by atoms with Crippen LogP contribution in [0.3, 0.4) is 0 Å². The first-order valence-corrected chi connectivity index (χ1v) is 9.36. The number of hydrogen-bond acceptors (Lipinski definition) is 3. The topological polar surface area (TPSA) is 64.3 Å². The number of benzene rings is 1. The molecule has 1 atom stereocenters. The van der Waals surface area contributed by atoms with Gasteiger partial charge in [-0.05, 0) is 75.5 Å². The molecule has 0 spiro atoms. The molecule has 0 aromatic heterocycles. The highest BCUT2D eigenvalue weighted by Gasteiger charge is 2.41. The minimum atomic E-state index is -0.232. The number of aryl methyl sites for hydroxylation is 1. The molecule has 5 heteroatoms. The SMILES string of the molecule is CC(CN)(NC(=O)CCc1cccc(OC2CCCC2)c1)C1CC1.Cl. The van der Waals surface area contributed by atoms with Crippen LogP contribution in [0.15, 0.2) is 24.3 Å². The first-order chi connectivity index (χ1) is 11.6. The molecule has 4 nitrogen and oxygen atoms in total. The van der Waals surface area contributed by atoms with Crippen molar-refractivity contribution < 1.29 is 9.53 Å². The fraction of sp³-hybridized carbons (Fsp3) is 0.650. The molecule has 3 N–H and O–H groups in total. The third kappa shape index (κ3) is 5.61. The average Bonchev–Trinajstić information content (AvgIpc) is 3.33. The van der Waals surface area contributed by atoms with Crippen LogP contribution in [-0.2, 0) is 11.2 Å². The number of ether oxygens (including phenoxy) is 1. The summed E-state index contributed by atoms with van der Waals surface area (Å²) in [5.74, 6) is 1.58. The first-order valence-electron chi connectivity index (χ1n) is 9.36. The summed E-state index contributed by atoms with van der Waals surface area (Å²) in [5, 5.41) is 3.15. The van der Waals surface area contributed by atoms with Gasteiger partial charge in [-0.1, -0.05) is 12.1 Å². The second-order valence-electron chi connectivity index (χ2n) is 7.62. The van der Waals surface area contributed by atoms with E-state index in [0.29, 0.717) is 25.0 Å².